The van der Waals surface area contributed by atoms with Crippen LogP contribution in [-0.4, -0.2) is 29.9 Å². The summed E-state index contributed by atoms with van der Waals surface area (Å²) in [5.74, 6) is 0. The summed E-state index contributed by atoms with van der Waals surface area (Å²) in [6.45, 7) is 12.7. The molecule has 2 amide bonds. The molecule has 0 radical (unpaired) electrons. The van der Waals surface area contributed by atoms with Crippen molar-refractivity contribution in [2.24, 2.45) is 10.4 Å². The molecule has 1 unspecified atom stereocenters. The van der Waals surface area contributed by atoms with Gasteiger partial charge in [-0.1, -0.05) is 20.8 Å². The van der Waals surface area contributed by atoms with Crippen LogP contribution in [0.2, 0.25) is 0 Å². The van der Waals surface area contributed by atoms with Crippen LogP contribution >= 0.6 is 11.3 Å². The Labute approximate surface area is 142 Å². The van der Waals surface area contributed by atoms with Gasteiger partial charge in [-0.05, 0) is 38.5 Å². The van der Waals surface area contributed by atoms with E-state index in [1.807, 2.05) is 0 Å². The second-order valence-electron chi connectivity index (χ2n) is 7.46. The summed E-state index contributed by atoms with van der Waals surface area (Å²) in [7, 11) is 0. The van der Waals surface area contributed by atoms with Crippen LogP contribution < -0.4 is 10.1 Å². The van der Waals surface area contributed by atoms with E-state index in [1.165, 1.54) is 17.0 Å². The van der Waals surface area contributed by atoms with Crippen LogP contribution in [0.5, 0.6) is 0 Å². The van der Waals surface area contributed by atoms with Crippen LogP contribution in [0.1, 0.15) is 50.6 Å². The molecule has 1 fully saturated rings. The number of nitrogens with zero attached hydrogens (tertiary/aromatic N) is 2. The predicted octanol–water partition coefficient (Wildman–Crippen LogP) is 3.39. The summed E-state index contributed by atoms with van der Waals surface area (Å²) in [6.07, 6.45) is 3.67. The number of aromatic nitrogens is 1. The first-order valence-electron chi connectivity index (χ1n) is 8.37. The first-order valence-corrected chi connectivity index (χ1v) is 9.19. The third-order valence-electron chi connectivity index (χ3n) is 4.02. The highest BCUT2D eigenvalue weighted by Gasteiger charge is 2.18. The average molecular weight is 340 g/mol. The molecule has 1 aliphatic heterocycles. The van der Waals surface area contributed by atoms with Crippen molar-refractivity contribution in [1.82, 2.24) is 9.88 Å². The number of amides is 2. The van der Waals surface area contributed by atoms with Crippen LogP contribution in [0, 0.1) is 19.3 Å². The molecule has 1 saturated heterocycles. The fourth-order valence-electron chi connectivity index (χ4n) is 2.52. The molecule has 0 aromatic carbocycles. The van der Waals surface area contributed by atoms with Gasteiger partial charge in [0.2, 0.25) is 0 Å². The Morgan fingerprint density at radius 1 is 1.39 bits per heavy atom. The van der Waals surface area contributed by atoms with Gasteiger partial charge in [0.1, 0.15) is 0 Å². The van der Waals surface area contributed by atoms with Crippen molar-refractivity contribution >= 4 is 17.4 Å². The van der Waals surface area contributed by atoms with Crippen LogP contribution in [0.25, 0.3) is 0 Å². The number of rotatable bonds is 3. The maximum atomic E-state index is 12.1. The number of carbonyl (C=O) groups excluding carboxylic acids is 1. The molecule has 1 aliphatic rings. The molecule has 0 saturated carbocycles. The lowest BCUT2D eigenvalue weighted by Crippen LogP contribution is -2.33. The second kappa shape index (κ2) is 7.62. The molecule has 2 heterocycles. The van der Waals surface area contributed by atoms with E-state index in [4.69, 9.17) is 4.74 Å². The predicted molar refractivity (Wildman–Crippen MR) is 93.8 cm³/mol. The van der Waals surface area contributed by atoms with E-state index in [9.17, 15) is 4.79 Å². The molecular weight excluding hydrogens is 310 g/mol. The first-order chi connectivity index (χ1) is 10.8. The number of aryl methyl sites for hydroxylation is 1. The van der Waals surface area contributed by atoms with E-state index in [0.717, 1.165) is 30.8 Å². The summed E-state index contributed by atoms with van der Waals surface area (Å²) in [5, 5.41) is 2.89. The average Bonchev–Trinajstić information content (AvgIpc) is 2.73. The molecule has 2 rings (SSSR count). The van der Waals surface area contributed by atoms with Crippen molar-refractivity contribution < 1.29 is 9.53 Å². The Morgan fingerprint density at radius 2 is 2.13 bits per heavy atom. The van der Waals surface area contributed by atoms with Crippen molar-refractivity contribution in [3.63, 3.8) is 0 Å². The minimum atomic E-state index is -0.264. The smallest absolute Gasteiger partial charge is 0.343 e. The molecule has 0 bridgehead atoms. The highest BCUT2D eigenvalue weighted by Crippen LogP contribution is 2.17. The molecule has 1 aromatic rings. The molecule has 1 atom stereocenters. The summed E-state index contributed by atoms with van der Waals surface area (Å²) in [4.78, 5) is 18.4. The minimum absolute atomic E-state index is 0.0539. The number of thiazole rings is 1. The fraction of sp³-hybridized carbons (Fsp3) is 0.765. The first kappa shape index (κ1) is 18.2. The maximum Gasteiger partial charge on any atom is 0.343 e. The Kier molecular flexibility index (Phi) is 6.03. The highest BCUT2D eigenvalue weighted by atomic mass is 32.1. The number of urea groups is 1. The van der Waals surface area contributed by atoms with Gasteiger partial charge in [-0.3, -0.25) is 0 Å². The zero-order valence-corrected chi connectivity index (χ0v) is 15.8. The van der Waals surface area contributed by atoms with Gasteiger partial charge in [0, 0.05) is 23.7 Å². The lowest BCUT2D eigenvalue weighted by Gasteiger charge is -2.23. The number of nitrogens with one attached hydrogen (secondary N) is 1. The Balaban J connectivity index is 2.15. The van der Waals surface area contributed by atoms with E-state index in [-0.39, 0.29) is 17.6 Å². The van der Waals surface area contributed by atoms with Crippen LogP contribution in [-0.2, 0) is 11.3 Å². The zero-order chi connectivity index (χ0) is 17.0. The molecule has 0 aliphatic carbocycles. The van der Waals surface area contributed by atoms with Gasteiger partial charge in [0.25, 0.3) is 0 Å². The van der Waals surface area contributed by atoms with Crippen molar-refractivity contribution in [2.45, 2.75) is 66.5 Å². The summed E-state index contributed by atoms with van der Waals surface area (Å²) >= 11 is 1.57. The molecule has 1 aromatic heterocycles. The van der Waals surface area contributed by atoms with Gasteiger partial charge in [0.05, 0.1) is 12.6 Å². The molecule has 130 valence electrons. The van der Waals surface area contributed by atoms with Crippen LogP contribution in [0.15, 0.2) is 4.99 Å². The number of ether oxygens (including phenoxy) is 1. The van der Waals surface area contributed by atoms with E-state index in [0.29, 0.717) is 6.54 Å². The van der Waals surface area contributed by atoms with Crippen LogP contribution in [0.3, 0.4) is 0 Å². The number of hydrogen-bond acceptors (Lipinski definition) is 3. The van der Waals surface area contributed by atoms with Crippen molar-refractivity contribution in [3.8, 4) is 0 Å². The van der Waals surface area contributed by atoms with Gasteiger partial charge in [-0.15, -0.1) is 11.3 Å². The third-order valence-corrected chi connectivity index (χ3v) is 5.11. The third kappa shape index (κ3) is 5.46. The summed E-state index contributed by atoms with van der Waals surface area (Å²) < 4.78 is 7.97. The Bertz CT molecular complexity index is 604. The number of hydrogen-bond donors (Lipinski definition) is 1. The van der Waals surface area contributed by atoms with E-state index >= 15 is 0 Å². The van der Waals surface area contributed by atoms with E-state index < -0.39 is 0 Å². The summed E-state index contributed by atoms with van der Waals surface area (Å²) in [6, 6.07) is -0.264. The van der Waals surface area contributed by atoms with Gasteiger partial charge in [-0.2, -0.15) is 4.99 Å². The molecule has 23 heavy (non-hydrogen) atoms. The lowest BCUT2D eigenvalue weighted by molar-refractivity contribution is 0.00525. The SMILES string of the molecule is Cc1s/c(=N\C(=O)NCC(C)(C)C)n(CC2CCCCO2)c1C. The molecule has 1 N–H and O–H groups in total. The van der Waals surface area contributed by atoms with Gasteiger partial charge in [0.15, 0.2) is 4.80 Å². The Hall–Kier alpha value is -1.14. The fourth-order valence-corrected chi connectivity index (χ4v) is 3.50. The Morgan fingerprint density at radius 3 is 2.74 bits per heavy atom. The molecule has 5 nitrogen and oxygen atoms in total. The normalized spacial score (nSPS) is 19.9. The molecule has 6 heteroatoms. The minimum Gasteiger partial charge on any atom is -0.376 e. The second-order valence-corrected chi connectivity index (χ2v) is 8.64. The van der Waals surface area contributed by atoms with Crippen molar-refractivity contribution in [1.29, 1.82) is 0 Å². The lowest BCUT2D eigenvalue weighted by atomic mass is 9.97. The van der Waals surface area contributed by atoms with E-state index in [2.05, 4.69) is 49.5 Å². The van der Waals surface area contributed by atoms with Crippen LogP contribution in [0.4, 0.5) is 4.79 Å². The largest absolute Gasteiger partial charge is 0.376 e. The standard InChI is InChI=1S/C17H29N3O2S/c1-12-13(2)23-16(19-15(21)18-11-17(3,4)5)20(12)10-14-8-6-7-9-22-14/h14H,6-11H2,1-5H3,(H,18,21)/b19-16-. The topological polar surface area (TPSA) is 55.6 Å². The van der Waals surface area contributed by atoms with Crippen molar-refractivity contribution in [2.75, 3.05) is 13.2 Å². The highest BCUT2D eigenvalue weighted by molar-refractivity contribution is 7.09. The molecule has 0 spiro atoms. The quantitative estimate of drug-likeness (QED) is 0.918. The van der Waals surface area contributed by atoms with Gasteiger partial charge in [-0.25, -0.2) is 4.79 Å². The zero-order valence-electron chi connectivity index (χ0n) is 14.9. The monoisotopic (exact) mass is 339 g/mol. The van der Waals surface area contributed by atoms with Crippen molar-refractivity contribution in [3.05, 3.63) is 15.4 Å². The molecular formula is C17H29N3O2S. The summed E-state index contributed by atoms with van der Waals surface area (Å²) in [5.41, 5.74) is 1.23. The maximum absolute atomic E-state index is 12.1. The number of carbonyl (C=O) groups is 1. The van der Waals surface area contributed by atoms with E-state index in [1.54, 1.807) is 11.3 Å². The van der Waals surface area contributed by atoms with Gasteiger partial charge < -0.3 is 14.6 Å². The van der Waals surface area contributed by atoms with Gasteiger partial charge >= 0.3 is 6.03 Å².